The molecule has 16 heavy (non-hydrogen) atoms. The molecule has 2 amide bonds. The SMILES string of the molecule is CC(=O)N=c1cc(C)cc(NC(C)=O)n1O. The number of hydrogen-bond donors (Lipinski definition) is 2. The van der Waals surface area contributed by atoms with Crippen LogP contribution in [0.1, 0.15) is 19.4 Å². The van der Waals surface area contributed by atoms with E-state index in [4.69, 9.17) is 0 Å². The number of carbonyl (C=O) groups is 2. The van der Waals surface area contributed by atoms with Crippen LogP contribution in [-0.4, -0.2) is 21.8 Å². The number of pyridine rings is 1. The Balaban J connectivity index is 3.37. The molecule has 0 unspecified atom stereocenters. The molecule has 2 N–H and O–H groups in total. The van der Waals surface area contributed by atoms with Gasteiger partial charge in [-0.2, -0.15) is 9.72 Å². The summed E-state index contributed by atoms with van der Waals surface area (Å²) in [6.45, 7) is 4.37. The highest BCUT2D eigenvalue weighted by Crippen LogP contribution is 2.05. The first-order valence-electron chi connectivity index (χ1n) is 4.66. The minimum absolute atomic E-state index is 0.0799. The Bertz CT molecular complexity index is 503. The number of nitrogens with one attached hydrogen (secondary N) is 1. The van der Waals surface area contributed by atoms with Crippen molar-refractivity contribution in [2.45, 2.75) is 20.8 Å². The van der Waals surface area contributed by atoms with Gasteiger partial charge in [0.2, 0.25) is 11.8 Å². The summed E-state index contributed by atoms with van der Waals surface area (Å²) in [7, 11) is 0. The number of aromatic nitrogens is 1. The van der Waals surface area contributed by atoms with Crippen molar-refractivity contribution >= 4 is 17.6 Å². The van der Waals surface area contributed by atoms with Crippen LogP contribution in [0.25, 0.3) is 0 Å². The average Bonchev–Trinajstić information content (AvgIpc) is 2.11. The lowest BCUT2D eigenvalue weighted by Crippen LogP contribution is -2.24. The maximum Gasteiger partial charge on any atom is 0.244 e. The van der Waals surface area contributed by atoms with Gasteiger partial charge in [0.1, 0.15) is 0 Å². The van der Waals surface area contributed by atoms with Crippen LogP contribution in [0.5, 0.6) is 0 Å². The van der Waals surface area contributed by atoms with Gasteiger partial charge in [0.25, 0.3) is 0 Å². The summed E-state index contributed by atoms with van der Waals surface area (Å²) in [4.78, 5) is 25.3. The second-order valence-corrected chi connectivity index (χ2v) is 3.40. The number of nitrogens with zero attached hydrogens (tertiary/aromatic N) is 2. The fourth-order valence-corrected chi connectivity index (χ4v) is 1.22. The van der Waals surface area contributed by atoms with Crippen molar-refractivity contribution < 1.29 is 14.8 Å². The third-order valence-corrected chi connectivity index (χ3v) is 1.74. The third kappa shape index (κ3) is 2.94. The molecule has 0 aliphatic heterocycles. The highest BCUT2D eigenvalue weighted by atomic mass is 16.5. The highest BCUT2D eigenvalue weighted by molar-refractivity contribution is 5.87. The topological polar surface area (TPSA) is 83.7 Å². The van der Waals surface area contributed by atoms with E-state index in [9.17, 15) is 14.8 Å². The van der Waals surface area contributed by atoms with Crippen LogP contribution in [-0.2, 0) is 9.59 Å². The summed E-state index contributed by atoms with van der Waals surface area (Å²) >= 11 is 0. The molecule has 1 aromatic heterocycles. The smallest absolute Gasteiger partial charge is 0.244 e. The second-order valence-electron chi connectivity index (χ2n) is 3.40. The molecule has 0 saturated carbocycles. The zero-order valence-corrected chi connectivity index (χ0v) is 9.31. The van der Waals surface area contributed by atoms with E-state index in [-0.39, 0.29) is 17.2 Å². The molecular formula is C10H13N3O3. The molecule has 0 bridgehead atoms. The number of rotatable bonds is 1. The summed E-state index contributed by atoms with van der Waals surface area (Å²) in [6, 6.07) is 3.10. The Hall–Kier alpha value is -2.11. The molecule has 0 atom stereocenters. The summed E-state index contributed by atoms with van der Waals surface area (Å²) in [5.74, 6) is -0.572. The van der Waals surface area contributed by atoms with Gasteiger partial charge in [0, 0.05) is 13.8 Å². The Labute approximate surface area is 92.2 Å². The minimum Gasteiger partial charge on any atom is -0.425 e. The van der Waals surface area contributed by atoms with Gasteiger partial charge < -0.3 is 10.5 Å². The van der Waals surface area contributed by atoms with Crippen LogP contribution in [0.3, 0.4) is 0 Å². The summed E-state index contributed by atoms with van der Waals surface area (Å²) in [5, 5.41) is 12.1. The molecule has 0 fully saturated rings. The van der Waals surface area contributed by atoms with Crippen LogP contribution in [0.15, 0.2) is 17.1 Å². The van der Waals surface area contributed by atoms with E-state index in [2.05, 4.69) is 10.3 Å². The predicted octanol–water partition coefficient (Wildman–Crippen LogP) is 0.439. The van der Waals surface area contributed by atoms with Crippen molar-refractivity contribution in [3.63, 3.8) is 0 Å². The van der Waals surface area contributed by atoms with E-state index < -0.39 is 5.91 Å². The van der Waals surface area contributed by atoms with Crippen molar-refractivity contribution in [2.24, 2.45) is 4.99 Å². The summed E-state index contributed by atoms with van der Waals surface area (Å²) < 4.78 is 0.662. The van der Waals surface area contributed by atoms with Crippen LogP contribution in [0.4, 0.5) is 5.82 Å². The van der Waals surface area contributed by atoms with Gasteiger partial charge in [-0.25, -0.2) is 0 Å². The third-order valence-electron chi connectivity index (χ3n) is 1.74. The van der Waals surface area contributed by atoms with Crippen LogP contribution in [0.2, 0.25) is 0 Å². The normalized spacial score (nSPS) is 11.3. The lowest BCUT2D eigenvalue weighted by Gasteiger charge is -2.08. The molecule has 0 aliphatic carbocycles. The van der Waals surface area contributed by atoms with Gasteiger partial charge in [0.05, 0.1) is 0 Å². The van der Waals surface area contributed by atoms with E-state index in [1.54, 1.807) is 13.0 Å². The standard InChI is InChI=1S/C10H13N3O3/c1-6-4-9(11-7(2)14)13(16)10(5-6)12-8(3)15/h4-5,16H,1-3H3,(H,11,14). The minimum atomic E-state index is -0.429. The molecule has 6 heteroatoms. The van der Waals surface area contributed by atoms with Gasteiger partial charge in [-0.3, -0.25) is 9.59 Å². The quantitative estimate of drug-likeness (QED) is 0.677. The maximum absolute atomic E-state index is 10.9. The molecule has 0 radical (unpaired) electrons. The van der Waals surface area contributed by atoms with Gasteiger partial charge in [-0.15, -0.1) is 0 Å². The fourth-order valence-electron chi connectivity index (χ4n) is 1.22. The zero-order chi connectivity index (χ0) is 12.3. The maximum atomic E-state index is 10.9. The number of hydrogen-bond acceptors (Lipinski definition) is 3. The van der Waals surface area contributed by atoms with E-state index in [0.29, 0.717) is 4.73 Å². The van der Waals surface area contributed by atoms with Crippen molar-refractivity contribution in [1.82, 2.24) is 4.73 Å². The molecular weight excluding hydrogens is 210 g/mol. The molecule has 0 aromatic carbocycles. The van der Waals surface area contributed by atoms with E-state index in [1.165, 1.54) is 19.9 Å². The first kappa shape index (κ1) is 12.0. The molecule has 0 saturated heterocycles. The van der Waals surface area contributed by atoms with Crippen molar-refractivity contribution in [3.8, 4) is 0 Å². The molecule has 1 aromatic rings. The van der Waals surface area contributed by atoms with Gasteiger partial charge in [-0.05, 0) is 24.6 Å². The molecule has 1 rings (SSSR count). The first-order valence-corrected chi connectivity index (χ1v) is 4.66. The fraction of sp³-hybridized carbons (Fsp3) is 0.300. The van der Waals surface area contributed by atoms with Gasteiger partial charge in [-0.1, -0.05) is 0 Å². The van der Waals surface area contributed by atoms with E-state index in [1.807, 2.05) is 0 Å². The van der Waals surface area contributed by atoms with Crippen LogP contribution < -0.4 is 10.8 Å². The van der Waals surface area contributed by atoms with Crippen molar-refractivity contribution in [1.29, 1.82) is 0 Å². The summed E-state index contributed by atoms with van der Waals surface area (Å²) in [6.07, 6.45) is 0. The predicted molar refractivity (Wildman–Crippen MR) is 56.9 cm³/mol. The Morgan fingerprint density at radius 1 is 1.38 bits per heavy atom. The Kier molecular flexibility index (Phi) is 3.44. The van der Waals surface area contributed by atoms with Crippen molar-refractivity contribution in [2.75, 3.05) is 5.32 Å². The van der Waals surface area contributed by atoms with Gasteiger partial charge >= 0.3 is 0 Å². The van der Waals surface area contributed by atoms with E-state index in [0.717, 1.165) is 5.56 Å². The zero-order valence-electron chi connectivity index (χ0n) is 9.31. The Morgan fingerprint density at radius 2 is 2.00 bits per heavy atom. The molecule has 0 spiro atoms. The monoisotopic (exact) mass is 223 g/mol. The number of anilines is 1. The number of aryl methyl sites for hydroxylation is 1. The first-order chi connectivity index (χ1) is 7.40. The number of carbonyl (C=O) groups excluding carboxylic acids is 2. The molecule has 1 heterocycles. The lowest BCUT2D eigenvalue weighted by atomic mass is 10.3. The Morgan fingerprint density at radius 3 is 2.50 bits per heavy atom. The molecule has 6 nitrogen and oxygen atoms in total. The molecule has 0 aliphatic rings. The van der Waals surface area contributed by atoms with E-state index >= 15 is 0 Å². The lowest BCUT2D eigenvalue weighted by molar-refractivity contribution is -0.116. The largest absolute Gasteiger partial charge is 0.425 e. The van der Waals surface area contributed by atoms with Gasteiger partial charge in [0.15, 0.2) is 11.3 Å². The summed E-state index contributed by atoms with van der Waals surface area (Å²) in [5.41, 5.74) is 0.852. The second kappa shape index (κ2) is 4.61. The van der Waals surface area contributed by atoms with Crippen LogP contribution in [0, 0.1) is 6.92 Å². The highest BCUT2D eigenvalue weighted by Gasteiger charge is 2.04. The average molecular weight is 223 g/mol. The molecule has 86 valence electrons. The van der Waals surface area contributed by atoms with Crippen molar-refractivity contribution in [3.05, 3.63) is 23.2 Å². The number of amides is 2. The van der Waals surface area contributed by atoms with Crippen LogP contribution >= 0.6 is 0 Å².